The first-order valence-corrected chi connectivity index (χ1v) is 8.64. The highest BCUT2D eigenvalue weighted by Crippen LogP contribution is 2.31. The number of aliphatic hydroxyl groups is 1. The molecule has 112 valence electrons. The quantitative estimate of drug-likeness (QED) is 0.848. The van der Waals surface area contributed by atoms with E-state index < -0.39 is 0 Å². The van der Waals surface area contributed by atoms with Crippen molar-refractivity contribution in [3.8, 4) is 10.4 Å². The van der Waals surface area contributed by atoms with Gasteiger partial charge in [-0.25, -0.2) is 0 Å². The zero-order valence-electron chi connectivity index (χ0n) is 12.3. The zero-order chi connectivity index (χ0) is 14.5. The van der Waals surface area contributed by atoms with Gasteiger partial charge < -0.3 is 10.4 Å². The van der Waals surface area contributed by atoms with Crippen LogP contribution in [0.5, 0.6) is 0 Å². The standard InChI is InChI=1S/C18H23NOS/c20-13-16-8-4-7-15(16)11-19-12-17-9-10-18(21-17)14-5-2-1-3-6-14/h1-3,5-6,9-10,15-16,19-20H,4,7-8,11-13H2. The minimum absolute atomic E-state index is 0.351. The number of rotatable bonds is 6. The molecule has 1 aliphatic carbocycles. The highest BCUT2D eigenvalue weighted by molar-refractivity contribution is 7.15. The van der Waals surface area contributed by atoms with Crippen LogP contribution in [0.2, 0.25) is 0 Å². The molecule has 2 aromatic rings. The Morgan fingerprint density at radius 3 is 2.67 bits per heavy atom. The smallest absolute Gasteiger partial charge is 0.0462 e. The third-order valence-corrected chi connectivity index (χ3v) is 5.61. The summed E-state index contributed by atoms with van der Waals surface area (Å²) in [7, 11) is 0. The van der Waals surface area contributed by atoms with Crippen molar-refractivity contribution in [3.63, 3.8) is 0 Å². The van der Waals surface area contributed by atoms with Crippen LogP contribution in [-0.4, -0.2) is 18.3 Å². The van der Waals surface area contributed by atoms with E-state index in [1.165, 1.54) is 34.6 Å². The van der Waals surface area contributed by atoms with Crippen molar-refractivity contribution >= 4 is 11.3 Å². The van der Waals surface area contributed by atoms with Gasteiger partial charge in [0.1, 0.15) is 0 Å². The Morgan fingerprint density at radius 2 is 1.86 bits per heavy atom. The van der Waals surface area contributed by atoms with Gasteiger partial charge in [0.05, 0.1) is 0 Å². The number of nitrogens with one attached hydrogen (secondary N) is 1. The second-order valence-electron chi connectivity index (χ2n) is 5.90. The molecule has 2 unspecified atom stereocenters. The molecule has 0 bridgehead atoms. The first kappa shape index (κ1) is 14.8. The predicted octanol–water partition coefficient (Wildman–Crippen LogP) is 3.91. The van der Waals surface area contributed by atoms with E-state index >= 15 is 0 Å². The lowest BCUT2D eigenvalue weighted by molar-refractivity contribution is 0.192. The van der Waals surface area contributed by atoms with Crippen molar-refractivity contribution in [3.05, 3.63) is 47.3 Å². The second-order valence-corrected chi connectivity index (χ2v) is 7.06. The molecular weight excluding hydrogens is 278 g/mol. The number of hydrogen-bond donors (Lipinski definition) is 2. The molecule has 2 nitrogen and oxygen atoms in total. The number of aliphatic hydroxyl groups excluding tert-OH is 1. The number of thiophene rings is 1. The maximum atomic E-state index is 9.36. The summed E-state index contributed by atoms with van der Waals surface area (Å²) >= 11 is 1.86. The molecule has 21 heavy (non-hydrogen) atoms. The number of benzene rings is 1. The highest BCUT2D eigenvalue weighted by atomic mass is 32.1. The maximum absolute atomic E-state index is 9.36. The molecule has 3 heteroatoms. The van der Waals surface area contributed by atoms with E-state index in [4.69, 9.17) is 0 Å². The molecule has 0 aliphatic heterocycles. The van der Waals surface area contributed by atoms with Gasteiger partial charge in [0.15, 0.2) is 0 Å². The Labute approximate surface area is 130 Å². The Hall–Kier alpha value is -1.16. The van der Waals surface area contributed by atoms with E-state index in [1.807, 2.05) is 11.3 Å². The van der Waals surface area contributed by atoms with Crippen LogP contribution in [0.15, 0.2) is 42.5 Å². The van der Waals surface area contributed by atoms with Crippen LogP contribution < -0.4 is 5.32 Å². The Kier molecular flexibility index (Phi) is 5.07. The molecule has 0 saturated heterocycles. The fraction of sp³-hybridized carbons (Fsp3) is 0.444. The third-order valence-electron chi connectivity index (χ3n) is 4.48. The van der Waals surface area contributed by atoms with Crippen LogP contribution >= 0.6 is 11.3 Å². The highest BCUT2D eigenvalue weighted by Gasteiger charge is 2.25. The molecule has 2 N–H and O–H groups in total. The summed E-state index contributed by atoms with van der Waals surface area (Å²) in [6, 6.07) is 15.0. The van der Waals surface area contributed by atoms with Crippen LogP contribution in [0.4, 0.5) is 0 Å². The average molecular weight is 301 g/mol. The summed E-state index contributed by atoms with van der Waals surface area (Å²) in [5.74, 6) is 1.17. The van der Waals surface area contributed by atoms with Crippen molar-refractivity contribution in [2.24, 2.45) is 11.8 Å². The number of hydrogen-bond acceptors (Lipinski definition) is 3. The summed E-state index contributed by atoms with van der Waals surface area (Å²) in [5.41, 5.74) is 1.30. The van der Waals surface area contributed by atoms with Gasteiger partial charge in [0, 0.05) is 22.9 Å². The van der Waals surface area contributed by atoms with Crippen LogP contribution in [0.25, 0.3) is 10.4 Å². The van der Waals surface area contributed by atoms with Crippen molar-refractivity contribution in [1.82, 2.24) is 5.32 Å². The van der Waals surface area contributed by atoms with E-state index in [1.54, 1.807) is 0 Å². The van der Waals surface area contributed by atoms with Gasteiger partial charge in [-0.15, -0.1) is 11.3 Å². The third kappa shape index (κ3) is 3.73. The van der Waals surface area contributed by atoms with Gasteiger partial charge in [-0.2, -0.15) is 0 Å². The van der Waals surface area contributed by atoms with Crippen molar-refractivity contribution in [2.75, 3.05) is 13.2 Å². The van der Waals surface area contributed by atoms with Crippen molar-refractivity contribution in [1.29, 1.82) is 0 Å². The summed E-state index contributed by atoms with van der Waals surface area (Å²) < 4.78 is 0. The van der Waals surface area contributed by atoms with Gasteiger partial charge in [-0.3, -0.25) is 0 Å². The molecule has 1 saturated carbocycles. The molecule has 0 amide bonds. The lowest BCUT2D eigenvalue weighted by Gasteiger charge is -2.17. The van der Waals surface area contributed by atoms with Gasteiger partial charge >= 0.3 is 0 Å². The Balaban J connectivity index is 1.51. The molecule has 1 aromatic carbocycles. The van der Waals surface area contributed by atoms with Crippen LogP contribution in [-0.2, 0) is 6.54 Å². The molecule has 1 fully saturated rings. The van der Waals surface area contributed by atoms with E-state index in [9.17, 15) is 5.11 Å². The molecule has 3 rings (SSSR count). The lowest BCUT2D eigenvalue weighted by Crippen LogP contribution is -2.26. The monoisotopic (exact) mass is 301 g/mol. The van der Waals surface area contributed by atoms with Crippen LogP contribution in [0.1, 0.15) is 24.1 Å². The normalized spacial score (nSPS) is 21.8. The van der Waals surface area contributed by atoms with E-state index in [-0.39, 0.29) is 0 Å². The van der Waals surface area contributed by atoms with Crippen molar-refractivity contribution in [2.45, 2.75) is 25.8 Å². The first-order valence-electron chi connectivity index (χ1n) is 7.82. The molecular formula is C18H23NOS. The summed E-state index contributed by atoms with van der Waals surface area (Å²) in [4.78, 5) is 2.72. The largest absolute Gasteiger partial charge is 0.396 e. The van der Waals surface area contributed by atoms with E-state index in [0.717, 1.165) is 13.1 Å². The molecule has 1 aliphatic rings. The second kappa shape index (κ2) is 7.21. The van der Waals surface area contributed by atoms with Crippen LogP contribution in [0.3, 0.4) is 0 Å². The fourth-order valence-electron chi connectivity index (χ4n) is 3.23. The van der Waals surface area contributed by atoms with E-state index in [2.05, 4.69) is 47.8 Å². The zero-order valence-corrected chi connectivity index (χ0v) is 13.1. The first-order chi connectivity index (χ1) is 10.4. The molecule has 0 radical (unpaired) electrons. The molecule has 2 atom stereocenters. The minimum atomic E-state index is 0.351. The predicted molar refractivity (Wildman–Crippen MR) is 89.4 cm³/mol. The average Bonchev–Trinajstić information content (AvgIpc) is 3.17. The van der Waals surface area contributed by atoms with E-state index in [0.29, 0.717) is 18.4 Å². The van der Waals surface area contributed by atoms with Crippen LogP contribution in [0, 0.1) is 11.8 Å². The minimum Gasteiger partial charge on any atom is -0.396 e. The Morgan fingerprint density at radius 1 is 1.05 bits per heavy atom. The van der Waals surface area contributed by atoms with Gasteiger partial charge in [-0.1, -0.05) is 36.8 Å². The SMILES string of the molecule is OCC1CCCC1CNCc1ccc(-c2ccccc2)s1. The topological polar surface area (TPSA) is 32.3 Å². The maximum Gasteiger partial charge on any atom is 0.0462 e. The molecule has 0 spiro atoms. The van der Waals surface area contributed by atoms with Crippen molar-refractivity contribution < 1.29 is 5.11 Å². The summed E-state index contributed by atoms with van der Waals surface area (Å²) in [6.45, 7) is 2.32. The summed E-state index contributed by atoms with van der Waals surface area (Å²) in [5, 5.41) is 12.9. The van der Waals surface area contributed by atoms with Gasteiger partial charge in [0.2, 0.25) is 0 Å². The Bertz CT molecular complexity index is 551. The molecule has 1 aromatic heterocycles. The fourth-order valence-corrected chi connectivity index (χ4v) is 4.22. The summed E-state index contributed by atoms with van der Waals surface area (Å²) in [6.07, 6.45) is 3.73. The van der Waals surface area contributed by atoms with Gasteiger partial charge in [-0.05, 0) is 48.9 Å². The van der Waals surface area contributed by atoms with Gasteiger partial charge in [0.25, 0.3) is 0 Å². The lowest BCUT2D eigenvalue weighted by atomic mass is 9.97. The molecule has 1 heterocycles.